The van der Waals surface area contributed by atoms with Crippen molar-refractivity contribution in [2.45, 2.75) is 0 Å². The maximum Gasteiger partial charge on any atom is 0.279 e. The van der Waals surface area contributed by atoms with Crippen molar-refractivity contribution in [3.8, 4) is 11.3 Å². The highest BCUT2D eigenvalue weighted by Crippen LogP contribution is 2.35. The second-order valence-electron chi connectivity index (χ2n) is 6.40. The first kappa shape index (κ1) is 17.2. The van der Waals surface area contributed by atoms with Crippen LogP contribution >= 0.6 is 11.3 Å². The molecule has 10 heteroatoms. The van der Waals surface area contributed by atoms with Crippen LogP contribution < -0.4 is 5.32 Å². The van der Waals surface area contributed by atoms with Crippen LogP contribution in [0, 0.1) is 10.1 Å². The van der Waals surface area contributed by atoms with Gasteiger partial charge in [-0.25, -0.2) is 15.0 Å². The van der Waals surface area contributed by atoms with Gasteiger partial charge in [0, 0.05) is 30.4 Å². The molecule has 0 amide bonds. The van der Waals surface area contributed by atoms with Gasteiger partial charge in [0.25, 0.3) is 5.69 Å². The zero-order valence-corrected chi connectivity index (χ0v) is 15.9. The van der Waals surface area contributed by atoms with Crippen LogP contribution in [-0.2, 0) is 7.05 Å². The smallest absolute Gasteiger partial charge is 0.279 e. The summed E-state index contributed by atoms with van der Waals surface area (Å²) in [6, 6.07) is 10.7. The largest absolute Gasteiger partial charge is 0.340 e. The molecule has 0 aliphatic heterocycles. The van der Waals surface area contributed by atoms with Crippen molar-refractivity contribution in [3.05, 3.63) is 64.5 Å². The average Bonchev–Trinajstić information content (AvgIpc) is 3.35. The molecule has 0 aliphatic carbocycles. The van der Waals surface area contributed by atoms with Crippen LogP contribution in [0.4, 0.5) is 17.2 Å². The molecule has 142 valence electrons. The lowest BCUT2D eigenvalue weighted by atomic mass is 10.1. The number of aromatic nitrogens is 5. The average molecular weight is 403 g/mol. The van der Waals surface area contributed by atoms with Gasteiger partial charge < -0.3 is 5.32 Å². The molecule has 3 heterocycles. The van der Waals surface area contributed by atoms with Gasteiger partial charge >= 0.3 is 0 Å². The Hall–Kier alpha value is -3.92. The van der Waals surface area contributed by atoms with Crippen LogP contribution in [0.25, 0.3) is 32.4 Å². The van der Waals surface area contributed by atoms with Crippen molar-refractivity contribution >= 4 is 49.6 Å². The minimum absolute atomic E-state index is 0.0491. The van der Waals surface area contributed by atoms with E-state index >= 15 is 0 Å². The third-order valence-electron chi connectivity index (χ3n) is 4.53. The van der Waals surface area contributed by atoms with Crippen molar-refractivity contribution in [2.75, 3.05) is 5.32 Å². The van der Waals surface area contributed by atoms with Crippen molar-refractivity contribution in [3.63, 3.8) is 0 Å². The van der Waals surface area contributed by atoms with Gasteiger partial charge in [-0.1, -0.05) is 0 Å². The van der Waals surface area contributed by atoms with E-state index < -0.39 is 4.92 Å². The predicted octanol–water partition coefficient (Wildman–Crippen LogP) is 4.29. The molecular formula is C19H13N7O2S. The number of fused-ring (bicyclic) bond motifs is 2. The highest BCUT2D eigenvalue weighted by molar-refractivity contribution is 7.16. The van der Waals surface area contributed by atoms with E-state index in [4.69, 9.17) is 0 Å². The summed E-state index contributed by atoms with van der Waals surface area (Å²) in [6.45, 7) is 0. The molecule has 1 N–H and O–H groups in total. The fraction of sp³-hybridized carbons (Fsp3) is 0.0526. The Balaban J connectivity index is 1.64. The number of thiazole rings is 1. The monoisotopic (exact) mass is 403 g/mol. The Morgan fingerprint density at radius 2 is 2.00 bits per heavy atom. The topological polar surface area (TPSA) is 112 Å². The number of nitrogens with one attached hydrogen (secondary N) is 1. The standard InChI is InChI=1S/C19H13N7O2S/c1-25-5-4-14(24-25)12-7-16-13(8-17(12)26(27)28)19(21-9-20-16)23-11-2-3-15-18(6-11)29-10-22-15/h2-10H,1H3,(H,20,21,23). The Labute approximate surface area is 167 Å². The second-order valence-corrected chi connectivity index (χ2v) is 7.29. The molecule has 5 aromatic rings. The minimum atomic E-state index is -0.413. The molecule has 0 spiro atoms. The van der Waals surface area contributed by atoms with Crippen molar-refractivity contribution < 1.29 is 4.92 Å². The zero-order chi connectivity index (χ0) is 20.0. The summed E-state index contributed by atoms with van der Waals surface area (Å²) in [5.74, 6) is 0.495. The third kappa shape index (κ3) is 3.05. The summed E-state index contributed by atoms with van der Waals surface area (Å²) in [7, 11) is 1.76. The first-order valence-electron chi connectivity index (χ1n) is 8.62. The molecule has 0 radical (unpaired) electrons. The minimum Gasteiger partial charge on any atom is -0.340 e. The highest BCUT2D eigenvalue weighted by Gasteiger charge is 2.20. The van der Waals surface area contributed by atoms with Crippen LogP contribution in [-0.4, -0.2) is 29.7 Å². The molecule has 0 unspecified atom stereocenters. The lowest BCUT2D eigenvalue weighted by Gasteiger charge is -2.09. The van der Waals surface area contributed by atoms with Crippen LogP contribution in [0.5, 0.6) is 0 Å². The van der Waals surface area contributed by atoms with Gasteiger partial charge in [-0.3, -0.25) is 14.8 Å². The van der Waals surface area contributed by atoms with E-state index in [9.17, 15) is 10.1 Å². The maximum absolute atomic E-state index is 11.7. The lowest BCUT2D eigenvalue weighted by molar-refractivity contribution is -0.384. The molecule has 0 atom stereocenters. The van der Waals surface area contributed by atoms with E-state index in [1.807, 2.05) is 18.2 Å². The number of hydrogen-bond acceptors (Lipinski definition) is 8. The number of rotatable bonds is 4. The number of nitro groups is 1. The normalized spacial score (nSPS) is 11.2. The molecule has 9 nitrogen and oxygen atoms in total. The van der Waals surface area contributed by atoms with Gasteiger partial charge in [-0.05, 0) is 30.3 Å². The van der Waals surface area contributed by atoms with Gasteiger partial charge in [-0.2, -0.15) is 5.10 Å². The molecular weight excluding hydrogens is 390 g/mol. The van der Waals surface area contributed by atoms with Gasteiger partial charge in [0.2, 0.25) is 0 Å². The van der Waals surface area contributed by atoms with Crippen LogP contribution in [0.1, 0.15) is 0 Å². The van der Waals surface area contributed by atoms with E-state index in [0.29, 0.717) is 28.0 Å². The number of hydrogen-bond donors (Lipinski definition) is 1. The first-order valence-corrected chi connectivity index (χ1v) is 9.50. The molecule has 0 bridgehead atoms. The van der Waals surface area contributed by atoms with Crippen molar-refractivity contribution in [1.82, 2.24) is 24.7 Å². The Bertz CT molecular complexity index is 1390. The van der Waals surface area contributed by atoms with E-state index in [2.05, 4.69) is 25.4 Å². The van der Waals surface area contributed by atoms with E-state index in [0.717, 1.165) is 15.9 Å². The summed E-state index contributed by atoms with van der Waals surface area (Å²) in [4.78, 5) is 24.2. The lowest BCUT2D eigenvalue weighted by Crippen LogP contribution is -1.99. The highest BCUT2D eigenvalue weighted by atomic mass is 32.1. The summed E-state index contributed by atoms with van der Waals surface area (Å²) in [6.07, 6.45) is 3.18. The first-order chi connectivity index (χ1) is 14.1. The van der Waals surface area contributed by atoms with Gasteiger partial charge in [0.15, 0.2) is 0 Å². The number of anilines is 2. The second kappa shape index (κ2) is 6.60. The van der Waals surface area contributed by atoms with Crippen molar-refractivity contribution in [2.24, 2.45) is 7.05 Å². The molecule has 2 aromatic carbocycles. The molecule has 5 rings (SSSR count). The fourth-order valence-electron chi connectivity index (χ4n) is 3.18. The van der Waals surface area contributed by atoms with Gasteiger partial charge in [0.05, 0.1) is 37.4 Å². The van der Waals surface area contributed by atoms with Crippen LogP contribution in [0.3, 0.4) is 0 Å². The number of nitro benzene ring substituents is 1. The number of nitrogens with zero attached hydrogens (tertiary/aromatic N) is 6. The summed E-state index contributed by atoms with van der Waals surface area (Å²) in [5.41, 5.74) is 5.00. The van der Waals surface area contributed by atoms with Gasteiger partial charge in [-0.15, -0.1) is 11.3 Å². The van der Waals surface area contributed by atoms with E-state index in [1.165, 1.54) is 12.4 Å². The molecule has 3 aromatic heterocycles. The Morgan fingerprint density at radius 1 is 1.10 bits per heavy atom. The van der Waals surface area contributed by atoms with Crippen LogP contribution in [0.15, 0.2) is 54.4 Å². The number of aryl methyl sites for hydroxylation is 1. The quantitative estimate of drug-likeness (QED) is 0.352. The fourth-order valence-corrected chi connectivity index (χ4v) is 3.89. The molecule has 0 fully saturated rings. The predicted molar refractivity (Wildman–Crippen MR) is 111 cm³/mol. The van der Waals surface area contributed by atoms with E-state index in [1.54, 1.807) is 46.9 Å². The Morgan fingerprint density at radius 3 is 2.79 bits per heavy atom. The third-order valence-corrected chi connectivity index (χ3v) is 5.32. The molecule has 0 saturated carbocycles. The van der Waals surface area contributed by atoms with Crippen molar-refractivity contribution in [1.29, 1.82) is 0 Å². The maximum atomic E-state index is 11.7. The Kier molecular flexibility index (Phi) is 3.91. The van der Waals surface area contributed by atoms with E-state index in [-0.39, 0.29) is 5.69 Å². The van der Waals surface area contributed by atoms with Crippen LogP contribution in [0.2, 0.25) is 0 Å². The molecule has 0 aliphatic rings. The number of benzene rings is 2. The van der Waals surface area contributed by atoms with Gasteiger partial charge in [0.1, 0.15) is 12.1 Å². The summed E-state index contributed by atoms with van der Waals surface area (Å²) in [5, 5.41) is 19.8. The zero-order valence-electron chi connectivity index (χ0n) is 15.1. The molecule has 0 saturated heterocycles. The summed E-state index contributed by atoms with van der Waals surface area (Å²) < 4.78 is 2.64. The SMILES string of the molecule is Cn1ccc(-c2cc3ncnc(Nc4ccc5ncsc5c4)c3cc2[N+](=O)[O-])n1. The summed E-state index contributed by atoms with van der Waals surface area (Å²) >= 11 is 1.54. The molecule has 29 heavy (non-hydrogen) atoms.